The number of nitrogens with zero attached hydrogens (tertiary/aromatic N) is 1. The summed E-state index contributed by atoms with van der Waals surface area (Å²) < 4.78 is 5.39. The van der Waals surface area contributed by atoms with Crippen LogP contribution < -0.4 is 4.74 Å². The number of nitro groups is 1. The van der Waals surface area contributed by atoms with E-state index in [2.05, 4.69) is 0 Å². The second-order valence-corrected chi connectivity index (χ2v) is 4.97. The molecular formula is C16H13NO4S. The van der Waals surface area contributed by atoms with Crippen LogP contribution in [0, 0.1) is 10.1 Å². The van der Waals surface area contributed by atoms with E-state index in [1.54, 1.807) is 24.3 Å². The van der Waals surface area contributed by atoms with Crippen LogP contribution in [-0.4, -0.2) is 15.8 Å². The van der Waals surface area contributed by atoms with E-state index in [4.69, 9.17) is 17.0 Å². The molecule has 0 fully saturated rings. The molecule has 0 aromatic heterocycles. The number of ketones is 1. The van der Waals surface area contributed by atoms with Gasteiger partial charge in [0.1, 0.15) is 5.75 Å². The Labute approximate surface area is 132 Å². The fourth-order valence-corrected chi connectivity index (χ4v) is 2.00. The molecule has 0 atom stereocenters. The topological polar surface area (TPSA) is 69.4 Å². The predicted molar refractivity (Wildman–Crippen MR) is 86.3 cm³/mol. The molecule has 0 bridgehead atoms. The first kappa shape index (κ1) is 15.8. The Morgan fingerprint density at radius 3 is 2.27 bits per heavy atom. The highest BCUT2D eigenvalue weighted by Gasteiger charge is 2.09. The van der Waals surface area contributed by atoms with Crippen LogP contribution in [0.4, 0.5) is 5.69 Å². The number of Topliss-reactive ketones (excluding diaryl/α,β-unsaturated/α-hetero) is 1. The summed E-state index contributed by atoms with van der Waals surface area (Å²) in [7, 11) is 0. The van der Waals surface area contributed by atoms with Crippen molar-refractivity contribution < 1.29 is 14.5 Å². The third-order valence-electron chi connectivity index (χ3n) is 2.93. The molecule has 0 saturated carbocycles. The van der Waals surface area contributed by atoms with Gasteiger partial charge in [0.15, 0.2) is 10.8 Å². The number of benzene rings is 2. The molecule has 5 nitrogen and oxygen atoms in total. The fraction of sp³-hybridized carbons (Fsp3) is 0.125. The van der Waals surface area contributed by atoms with E-state index in [0.29, 0.717) is 17.7 Å². The summed E-state index contributed by atoms with van der Waals surface area (Å²) in [6.07, 6.45) is 0.579. The second kappa shape index (κ2) is 7.42. The highest BCUT2D eigenvalue weighted by atomic mass is 32.1. The van der Waals surface area contributed by atoms with Crippen LogP contribution >= 0.6 is 12.2 Å². The quantitative estimate of drug-likeness (QED) is 0.349. The third kappa shape index (κ3) is 4.46. The number of non-ortho nitro benzene ring substituents is 1. The Bertz CT molecular complexity index is 683. The molecule has 0 aliphatic carbocycles. The maximum atomic E-state index is 11.9. The van der Waals surface area contributed by atoms with Gasteiger partial charge in [-0.05, 0) is 24.4 Å². The maximum Gasteiger partial charge on any atom is 0.269 e. The van der Waals surface area contributed by atoms with Gasteiger partial charge in [0.25, 0.3) is 5.69 Å². The predicted octanol–water partition coefficient (Wildman–Crippen LogP) is 3.96. The fourth-order valence-electron chi connectivity index (χ4n) is 1.80. The van der Waals surface area contributed by atoms with Gasteiger partial charge in [-0.15, -0.1) is 0 Å². The first-order valence-corrected chi connectivity index (χ1v) is 7.00. The van der Waals surface area contributed by atoms with Gasteiger partial charge < -0.3 is 4.74 Å². The number of nitro benzene ring substituents is 1. The van der Waals surface area contributed by atoms with Gasteiger partial charge in [0, 0.05) is 30.5 Å². The van der Waals surface area contributed by atoms with Crippen molar-refractivity contribution in [1.29, 1.82) is 0 Å². The number of rotatable bonds is 6. The van der Waals surface area contributed by atoms with Crippen molar-refractivity contribution >= 4 is 28.7 Å². The van der Waals surface area contributed by atoms with Crippen molar-refractivity contribution in [3.05, 3.63) is 70.3 Å². The van der Waals surface area contributed by atoms with Gasteiger partial charge in [-0.3, -0.25) is 14.9 Å². The van der Waals surface area contributed by atoms with Gasteiger partial charge in [-0.25, -0.2) is 0 Å². The molecule has 0 aliphatic rings. The summed E-state index contributed by atoms with van der Waals surface area (Å²) in [4.78, 5) is 22.0. The summed E-state index contributed by atoms with van der Waals surface area (Å²) >= 11 is 5.08. The molecular weight excluding hydrogens is 302 g/mol. The average Bonchev–Trinajstić information content (AvgIpc) is 2.54. The van der Waals surface area contributed by atoms with Crippen molar-refractivity contribution in [2.45, 2.75) is 12.8 Å². The lowest BCUT2D eigenvalue weighted by Gasteiger charge is -2.06. The lowest BCUT2D eigenvalue weighted by molar-refractivity contribution is -0.384. The average molecular weight is 315 g/mol. The molecule has 2 aromatic carbocycles. The maximum absolute atomic E-state index is 11.9. The lowest BCUT2D eigenvalue weighted by Crippen LogP contribution is -2.08. The third-order valence-corrected chi connectivity index (χ3v) is 3.22. The standard InChI is InChI=1S/C16H13NO4S/c18-15(12-4-2-1-3-5-12)10-11-16(22)21-14-8-6-13(7-9-14)17(19)20/h1-9H,10-11H2. The first-order chi connectivity index (χ1) is 10.6. The molecule has 22 heavy (non-hydrogen) atoms. The SMILES string of the molecule is O=C(CCC(=S)Oc1ccc([N+](=O)[O-])cc1)c1ccccc1. The van der Waals surface area contributed by atoms with Crippen LogP contribution in [0.25, 0.3) is 0 Å². The van der Waals surface area contributed by atoms with Crippen LogP contribution in [0.2, 0.25) is 0 Å². The molecule has 0 amide bonds. The molecule has 112 valence electrons. The van der Waals surface area contributed by atoms with E-state index in [0.717, 1.165) is 0 Å². The van der Waals surface area contributed by atoms with Gasteiger partial charge in [-0.2, -0.15) is 0 Å². The number of ether oxygens (including phenoxy) is 1. The Morgan fingerprint density at radius 1 is 1.05 bits per heavy atom. The van der Waals surface area contributed by atoms with E-state index in [9.17, 15) is 14.9 Å². The second-order valence-electron chi connectivity index (χ2n) is 4.51. The Balaban J connectivity index is 1.85. The number of carbonyl (C=O) groups is 1. The molecule has 0 aliphatic heterocycles. The van der Waals surface area contributed by atoms with Crippen LogP contribution in [-0.2, 0) is 0 Å². The molecule has 2 rings (SSSR count). The summed E-state index contributed by atoms with van der Waals surface area (Å²) in [5, 5.41) is 10.8. The molecule has 0 saturated heterocycles. The highest BCUT2D eigenvalue weighted by Crippen LogP contribution is 2.18. The van der Waals surface area contributed by atoms with E-state index in [1.807, 2.05) is 6.07 Å². The van der Waals surface area contributed by atoms with Gasteiger partial charge in [-0.1, -0.05) is 30.3 Å². The van der Waals surface area contributed by atoms with Crippen molar-refractivity contribution in [2.75, 3.05) is 0 Å². The van der Waals surface area contributed by atoms with Crippen molar-refractivity contribution in [1.82, 2.24) is 0 Å². The molecule has 0 unspecified atom stereocenters. The van der Waals surface area contributed by atoms with Gasteiger partial charge in [0.2, 0.25) is 0 Å². The zero-order chi connectivity index (χ0) is 15.9. The molecule has 0 N–H and O–H groups in total. The molecule has 0 heterocycles. The van der Waals surface area contributed by atoms with E-state index >= 15 is 0 Å². The van der Waals surface area contributed by atoms with Crippen molar-refractivity contribution in [3.8, 4) is 5.75 Å². The zero-order valence-corrected chi connectivity index (χ0v) is 12.4. The minimum atomic E-state index is -0.485. The van der Waals surface area contributed by atoms with E-state index in [1.165, 1.54) is 24.3 Å². The zero-order valence-electron chi connectivity index (χ0n) is 11.6. The Kier molecular flexibility index (Phi) is 5.32. The molecule has 2 aromatic rings. The van der Waals surface area contributed by atoms with Crippen molar-refractivity contribution in [3.63, 3.8) is 0 Å². The number of carbonyl (C=O) groups excluding carboxylic acids is 1. The first-order valence-electron chi connectivity index (χ1n) is 6.59. The number of thiocarbonyl (C=S) groups is 1. The van der Waals surface area contributed by atoms with Crippen LogP contribution in [0.3, 0.4) is 0 Å². The Morgan fingerprint density at radius 2 is 1.68 bits per heavy atom. The number of hydrogen-bond donors (Lipinski definition) is 0. The monoisotopic (exact) mass is 315 g/mol. The summed E-state index contributed by atoms with van der Waals surface area (Å²) in [5.74, 6) is 0.415. The number of hydrogen-bond acceptors (Lipinski definition) is 5. The largest absolute Gasteiger partial charge is 0.450 e. The normalized spacial score (nSPS) is 10.0. The van der Waals surface area contributed by atoms with Crippen LogP contribution in [0.15, 0.2) is 54.6 Å². The van der Waals surface area contributed by atoms with Gasteiger partial charge in [0.05, 0.1) is 4.92 Å². The minimum Gasteiger partial charge on any atom is -0.450 e. The van der Waals surface area contributed by atoms with Crippen LogP contribution in [0.5, 0.6) is 5.75 Å². The van der Waals surface area contributed by atoms with E-state index in [-0.39, 0.29) is 22.9 Å². The van der Waals surface area contributed by atoms with E-state index < -0.39 is 4.92 Å². The summed E-state index contributed by atoms with van der Waals surface area (Å²) in [6.45, 7) is 0. The van der Waals surface area contributed by atoms with Crippen LogP contribution in [0.1, 0.15) is 23.2 Å². The summed E-state index contributed by atoms with van der Waals surface area (Å²) in [6, 6.07) is 14.6. The van der Waals surface area contributed by atoms with Gasteiger partial charge >= 0.3 is 0 Å². The smallest absolute Gasteiger partial charge is 0.269 e. The molecule has 0 radical (unpaired) electrons. The lowest BCUT2D eigenvalue weighted by atomic mass is 10.1. The Hall–Kier alpha value is -2.60. The minimum absolute atomic E-state index is 0.00440. The molecule has 0 spiro atoms. The highest BCUT2D eigenvalue weighted by molar-refractivity contribution is 7.80. The summed E-state index contributed by atoms with van der Waals surface area (Å²) in [5.41, 5.74) is 0.623. The van der Waals surface area contributed by atoms with Crippen molar-refractivity contribution in [2.24, 2.45) is 0 Å². The molecule has 6 heteroatoms.